The van der Waals surface area contributed by atoms with Gasteiger partial charge in [0.2, 0.25) is 5.88 Å². The summed E-state index contributed by atoms with van der Waals surface area (Å²) >= 11 is 0. The summed E-state index contributed by atoms with van der Waals surface area (Å²) in [6, 6.07) is 10.1. The van der Waals surface area contributed by atoms with E-state index in [2.05, 4.69) is 38.1 Å². The summed E-state index contributed by atoms with van der Waals surface area (Å²) in [4.78, 5) is 0. The molecule has 1 atom stereocenters. The van der Waals surface area contributed by atoms with E-state index in [0.717, 1.165) is 30.8 Å². The van der Waals surface area contributed by atoms with Crippen LogP contribution in [-0.2, 0) is 11.3 Å². The topological polar surface area (TPSA) is 73.2 Å². The maximum atomic E-state index is 9.44. The fourth-order valence-corrected chi connectivity index (χ4v) is 3.12. The lowest BCUT2D eigenvalue weighted by molar-refractivity contribution is 0.0952. The minimum absolute atomic E-state index is 0.101. The number of nitrogens with zero attached hydrogens (tertiary/aromatic N) is 2. The van der Waals surface area contributed by atoms with Crippen LogP contribution >= 0.6 is 0 Å². The quantitative estimate of drug-likeness (QED) is 0.879. The normalized spacial score (nSPS) is 17.0. The molecule has 5 heteroatoms. The number of aryl methyl sites for hydroxylation is 1. The third kappa shape index (κ3) is 3.64. The Labute approximate surface area is 149 Å². The highest BCUT2D eigenvalue weighted by molar-refractivity contribution is 5.57. The van der Waals surface area contributed by atoms with Crippen molar-refractivity contribution in [3.8, 4) is 17.7 Å². The van der Waals surface area contributed by atoms with Gasteiger partial charge in [-0.05, 0) is 42.9 Å². The summed E-state index contributed by atoms with van der Waals surface area (Å²) < 4.78 is 13.7. The van der Waals surface area contributed by atoms with E-state index in [1.54, 1.807) is 6.07 Å². The molecule has 3 rings (SSSR count). The molecule has 2 heterocycles. The van der Waals surface area contributed by atoms with Crippen LogP contribution in [0.25, 0.3) is 0 Å². The maximum absolute atomic E-state index is 9.44. The number of ether oxygens (including phenoxy) is 2. The van der Waals surface area contributed by atoms with Crippen LogP contribution in [-0.4, -0.2) is 17.3 Å². The lowest BCUT2D eigenvalue weighted by Crippen LogP contribution is -2.16. The van der Waals surface area contributed by atoms with Gasteiger partial charge in [-0.2, -0.15) is 5.26 Å². The Balaban J connectivity index is 1.95. The summed E-state index contributed by atoms with van der Waals surface area (Å²) in [6.45, 7) is 7.66. The van der Waals surface area contributed by atoms with Gasteiger partial charge in [0, 0.05) is 12.7 Å². The molecule has 1 fully saturated rings. The van der Waals surface area contributed by atoms with Crippen molar-refractivity contribution in [3.05, 3.63) is 41.1 Å². The molecular formula is C20H25N3O2. The van der Waals surface area contributed by atoms with Crippen molar-refractivity contribution in [2.75, 3.05) is 12.3 Å². The number of rotatable bonds is 5. The van der Waals surface area contributed by atoms with Crippen molar-refractivity contribution < 1.29 is 9.47 Å². The minimum Gasteiger partial charge on any atom is -0.438 e. The molecule has 2 N–H and O–H groups in total. The third-order valence-corrected chi connectivity index (χ3v) is 4.69. The average molecular weight is 339 g/mol. The molecule has 0 aliphatic carbocycles. The molecule has 0 unspecified atom stereocenters. The van der Waals surface area contributed by atoms with Crippen LogP contribution in [0.1, 0.15) is 49.4 Å². The predicted octanol–water partition coefficient (Wildman–Crippen LogP) is 4.35. The van der Waals surface area contributed by atoms with Crippen LogP contribution in [0.15, 0.2) is 24.3 Å². The third-order valence-electron chi connectivity index (χ3n) is 4.69. The Kier molecular flexibility index (Phi) is 5.00. The van der Waals surface area contributed by atoms with E-state index >= 15 is 0 Å². The Hall–Kier alpha value is -2.45. The van der Waals surface area contributed by atoms with E-state index in [9.17, 15) is 5.26 Å². The molecule has 0 amide bonds. The highest BCUT2D eigenvalue weighted by atomic mass is 16.5. The molecule has 1 aliphatic heterocycles. The van der Waals surface area contributed by atoms with Gasteiger partial charge in [-0.1, -0.05) is 26.0 Å². The molecule has 1 aromatic heterocycles. The van der Waals surface area contributed by atoms with Gasteiger partial charge in [0.05, 0.1) is 18.3 Å². The summed E-state index contributed by atoms with van der Waals surface area (Å²) in [6.07, 6.45) is 2.14. The zero-order valence-corrected chi connectivity index (χ0v) is 15.1. The van der Waals surface area contributed by atoms with Gasteiger partial charge in [-0.15, -0.1) is 0 Å². The Bertz CT molecular complexity index is 796. The van der Waals surface area contributed by atoms with Crippen LogP contribution in [0.3, 0.4) is 0 Å². The zero-order valence-electron chi connectivity index (χ0n) is 15.1. The van der Waals surface area contributed by atoms with E-state index in [0.29, 0.717) is 29.7 Å². The highest BCUT2D eigenvalue weighted by Gasteiger charge is 2.22. The van der Waals surface area contributed by atoms with Crippen molar-refractivity contribution in [2.24, 2.45) is 0 Å². The first-order valence-corrected chi connectivity index (χ1v) is 8.78. The molecule has 1 saturated heterocycles. The first kappa shape index (κ1) is 17.4. The Morgan fingerprint density at radius 1 is 1.40 bits per heavy atom. The molecule has 25 heavy (non-hydrogen) atoms. The second-order valence-corrected chi connectivity index (χ2v) is 6.93. The summed E-state index contributed by atoms with van der Waals surface area (Å²) in [7, 11) is 0. The fraction of sp³-hybridized carbons (Fsp3) is 0.450. The number of nitrogens with two attached hydrogens (primary N) is 1. The van der Waals surface area contributed by atoms with Crippen LogP contribution in [0.4, 0.5) is 5.69 Å². The zero-order chi connectivity index (χ0) is 18.0. The van der Waals surface area contributed by atoms with Crippen molar-refractivity contribution in [1.82, 2.24) is 4.57 Å². The van der Waals surface area contributed by atoms with Gasteiger partial charge in [-0.3, -0.25) is 4.57 Å². The number of anilines is 1. The van der Waals surface area contributed by atoms with Gasteiger partial charge >= 0.3 is 0 Å². The Morgan fingerprint density at radius 3 is 2.84 bits per heavy atom. The van der Waals surface area contributed by atoms with Gasteiger partial charge in [0.25, 0.3) is 0 Å². The standard InChI is InChI=1S/C20H25N3O2/c1-13(2)15-7-6-14(3)19(9-15)25-20-18(22)10-16(11-21)23(20)12-17-5-4-8-24-17/h6-7,9-10,13,17H,4-5,8,12,22H2,1-3H3/t17-/m1/s1. The van der Waals surface area contributed by atoms with E-state index in [-0.39, 0.29) is 6.10 Å². The molecule has 0 spiro atoms. The first-order valence-electron chi connectivity index (χ1n) is 8.78. The van der Waals surface area contributed by atoms with Crippen molar-refractivity contribution in [1.29, 1.82) is 5.26 Å². The molecular weight excluding hydrogens is 314 g/mol. The summed E-state index contributed by atoms with van der Waals surface area (Å²) in [5, 5.41) is 9.44. The number of nitrogen functional groups attached to an aromatic ring is 1. The largest absolute Gasteiger partial charge is 0.438 e. The van der Waals surface area contributed by atoms with E-state index < -0.39 is 0 Å². The maximum Gasteiger partial charge on any atom is 0.224 e. The van der Waals surface area contributed by atoms with Crippen molar-refractivity contribution >= 4 is 5.69 Å². The SMILES string of the molecule is Cc1ccc(C(C)C)cc1Oc1c(N)cc(C#N)n1C[C@H]1CCCO1. The molecule has 1 aromatic carbocycles. The van der Waals surface area contributed by atoms with E-state index in [4.69, 9.17) is 15.2 Å². The second-order valence-electron chi connectivity index (χ2n) is 6.93. The molecule has 1 aliphatic rings. The molecule has 0 saturated carbocycles. The predicted molar refractivity (Wildman–Crippen MR) is 97.9 cm³/mol. The fourth-order valence-electron chi connectivity index (χ4n) is 3.12. The molecule has 0 radical (unpaired) electrons. The lowest BCUT2D eigenvalue weighted by Gasteiger charge is -2.17. The molecule has 5 nitrogen and oxygen atoms in total. The van der Waals surface area contributed by atoms with Crippen molar-refractivity contribution in [3.63, 3.8) is 0 Å². The van der Waals surface area contributed by atoms with E-state index in [1.165, 1.54) is 5.56 Å². The number of hydrogen-bond donors (Lipinski definition) is 1. The number of aromatic nitrogens is 1. The first-order chi connectivity index (χ1) is 12.0. The van der Waals surface area contributed by atoms with Crippen LogP contribution < -0.4 is 10.5 Å². The molecule has 0 bridgehead atoms. The van der Waals surface area contributed by atoms with Crippen LogP contribution in [0, 0.1) is 18.3 Å². The van der Waals surface area contributed by atoms with E-state index in [1.807, 2.05) is 11.5 Å². The summed E-state index contributed by atoms with van der Waals surface area (Å²) in [5.41, 5.74) is 9.37. The highest BCUT2D eigenvalue weighted by Crippen LogP contribution is 2.35. The number of hydrogen-bond acceptors (Lipinski definition) is 4. The summed E-state index contributed by atoms with van der Waals surface area (Å²) in [5.74, 6) is 1.71. The van der Waals surface area contributed by atoms with Gasteiger partial charge in [0.1, 0.15) is 17.5 Å². The van der Waals surface area contributed by atoms with Gasteiger partial charge < -0.3 is 15.2 Å². The van der Waals surface area contributed by atoms with Gasteiger partial charge in [0.15, 0.2) is 0 Å². The lowest BCUT2D eigenvalue weighted by atomic mass is 10.0. The average Bonchev–Trinajstić information content (AvgIpc) is 3.19. The van der Waals surface area contributed by atoms with Crippen LogP contribution in [0.2, 0.25) is 0 Å². The molecule has 2 aromatic rings. The smallest absolute Gasteiger partial charge is 0.224 e. The van der Waals surface area contributed by atoms with Crippen LogP contribution in [0.5, 0.6) is 11.6 Å². The molecule has 132 valence electrons. The second kappa shape index (κ2) is 7.20. The Morgan fingerprint density at radius 2 is 2.20 bits per heavy atom. The van der Waals surface area contributed by atoms with Gasteiger partial charge in [-0.25, -0.2) is 0 Å². The number of benzene rings is 1. The van der Waals surface area contributed by atoms with Crippen molar-refractivity contribution in [2.45, 2.75) is 52.2 Å². The number of nitriles is 1. The minimum atomic E-state index is 0.101. The monoisotopic (exact) mass is 339 g/mol.